The lowest BCUT2D eigenvalue weighted by Crippen LogP contribution is -2.57. The van der Waals surface area contributed by atoms with Crippen LogP contribution in [0.3, 0.4) is 0 Å². The lowest BCUT2D eigenvalue weighted by Gasteiger charge is -2.47. The van der Waals surface area contributed by atoms with Crippen molar-refractivity contribution in [3.63, 3.8) is 0 Å². The fourth-order valence-corrected chi connectivity index (χ4v) is 4.50. The molecule has 3 rings (SSSR count). The summed E-state index contributed by atoms with van der Waals surface area (Å²) in [5.74, 6) is 0.368. The Morgan fingerprint density at radius 1 is 1.19 bits per heavy atom. The normalized spacial score (nSPS) is 26.5. The first-order valence-electron chi connectivity index (χ1n) is 12.6. The molecule has 1 aromatic rings. The smallest absolute Gasteiger partial charge is 0.227 e. The second kappa shape index (κ2) is 15.8. The van der Waals surface area contributed by atoms with Gasteiger partial charge in [-0.25, -0.2) is 8.78 Å². The minimum absolute atomic E-state index is 0.0748. The third-order valence-electron chi connectivity index (χ3n) is 6.68. The van der Waals surface area contributed by atoms with Crippen LogP contribution < -0.4 is 11.5 Å². The van der Waals surface area contributed by atoms with Crippen molar-refractivity contribution in [2.45, 2.75) is 46.6 Å². The summed E-state index contributed by atoms with van der Waals surface area (Å²) in [7, 11) is 0. The van der Waals surface area contributed by atoms with Gasteiger partial charge < -0.3 is 26.4 Å². The van der Waals surface area contributed by atoms with Crippen molar-refractivity contribution in [2.24, 2.45) is 29.2 Å². The van der Waals surface area contributed by atoms with Crippen LogP contribution in [0.4, 0.5) is 8.78 Å². The highest BCUT2D eigenvalue weighted by Gasteiger charge is 2.48. The highest BCUT2D eigenvalue weighted by molar-refractivity contribution is 5.79. The number of halogens is 2. The Kier molecular flexibility index (Phi) is 13.6. The van der Waals surface area contributed by atoms with Crippen molar-refractivity contribution >= 4 is 5.91 Å². The number of amides is 1. The SMILES string of the molecule is C/C=C(\C)F.C/C=C/F.CC1CN(C(=O)C2CCN(/C(N)=C/C=C\N)C2)CC(C)C1(O)c1ccccn1. The molecule has 1 amide bonds. The van der Waals surface area contributed by atoms with E-state index in [1.54, 1.807) is 32.2 Å². The number of aliphatic hydroxyl groups is 1. The fourth-order valence-electron chi connectivity index (χ4n) is 4.50. The van der Waals surface area contributed by atoms with Crippen LogP contribution in [-0.4, -0.2) is 52.0 Å². The van der Waals surface area contributed by atoms with E-state index in [2.05, 4.69) is 4.98 Å². The Morgan fingerprint density at radius 3 is 2.24 bits per heavy atom. The zero-order valence-corrected chi connectivity index (χ0v) is 22.6. The molecule has 0 spiro atoms. The number of carbonyl (C=O) groups excluding carboxylic acids is 1. The van der Waals surface area contributed by atoms with Crippen LogP contribution in [0.1, 0.15) is 46.7 Å². The van der Waals surface area contributed by atoms with E-state index in [1.807, 2.05) is 41.8 Å². The first kappa shape index (κ1) is 31.8. The highest BCUT2D eigenvalue weighted by Crippen LogP contribution is 2.40. The quantitative estimate of drug-likeness (QED) is 0.511. The van der Waals surface area contributed by atoms with Crippen LogP contribution in [0, 0.1) is 17.8 Å². The Bertz CT molecular complexity index is 929. The molecule has 0 aliphatic carbocycles. The number of allylic oxidation sites excluding steroid dienone is 5. The van der Waals surface area contributed by atoms with Crippen LogP contribution >= 0.6 is 0 Å². The number of aromatic nitrogens is 1. The van der Waals surface area contributed by atoms with E-state index in [-0.39, 0.29) is 29.5 Å². The Hall–Kier alpha value is -3.20. The largest absolute Gasteiger partial charge is 0.405 e. The number of carbonyl (C=O) groups is 1. The summed E-state index contributed by atoms with van der Waals surface area (Å²) in [6, 6.07) is 5.60. The first-order valence-corrected chi connectivity index (χ1v) is 12.6. The molecule has 37 heavy (non-hydrogen) atoms. The second-order valence-electron chi connectivity index (χ2n) is 9.33. The Balaban J connectivity index is 0.000000657. The maximum atomic E-state index is 13.1. The third-order valence-corrected chi connectivity index (χ3v) is 6.68. The summed E-state index contributed by atoms with van der Waals surface area (Å²) in [6.07, 6.45) is 10.6. The first-order chi connectivity index (χ1) is 17.6. The Morgan fingerprint density at radius 2 is 1.78 bits per heavy atom. The van der Waals surface area contributed by atoms with Gasteiger partial charge in [0, 0.05) is 44.2 Å². The van der Waals surface area contributed by atoms with Crippen molar-refractivity contribution in [1.82, 2.24) is 14.8 Å². The molecule has 2 aliphatic heterocycles. The van der Waals surface area contributed by atoms with Gasteiger partial charge in [0.05, 0.1) is 29.6 Å². The molecule has 3 heterocycles. The van der Waals surface area contributed by atoms with E-state index >= 15 is 0 Å². The summed E-state index contributed by atoms with van der Waals surface area (Å²) >= 11 is 0. The third kappa shape index (κ3) is 9.00. The van der Waals surface area contributed by atoms with Crippen LogP contribution in [0.25, 0.3) is 0 Å². The standard InChI is InChI=1S/C21H31N5O2.C4H7F.C3H5F/c1-15-12-26(13-16(2)21(15,28)18-6-3-4-10-24-18)20(27)17-8-11-25(14-17)19(23)7-5-9-22;1-3-4(2)5;1-2-3-4/h3-7,9-10,15-17,28H,8,11-14,22-23H2,1-2H3;3H,1-2H3;2-3H,1H3/b9-5-,19-7+;4-3+;3-2+. The van der Waals surface area contributed by atoms with E-state index in [4.69, 9.17) is 11.5 Å². The molecule has 0 radical (unpaired) electrons. The topological polar surface area (TPSA) is 109 Å². The van der Waals surface area contributed by atoms with E-state index in [0.717, 1.165) is 13.0 Å². The predicted molar refractivity (Wildman–Crippen MR) is 145 cm³/mol. The Labute approximate surface area is 220 Å². The van der Waals surface area contributed by atoms with Crippen molar-refractivity contribution in [3.8, 4) is 0 Å². The second-order valence-corrected chi connectivity index (χ2v) is 9.33. The molecule has 9 heteroatoms. The van der Waals surface area contributed by atoms with Gasteiger partial charge in [0.25, 0.3) is 0 Å². The fraction of sp³-hybridized carbons (Fsp3) is 0.500. The minimum atomic E-state index is -1.03. The van der Waals surface area contributed by atoms with Gasteiger partial charge in [0.1, 0.15) is 5.60 Å². The maximum Gasteiger partial charge on any atom is 0.227 e. The number of nitrogens with zero attached hydrogens (tertiary/aromatic N) is 3. The zero-order valence-electron chi connectivity index (χ0n) is 22.6. The average molecular weight is 520 g/mol. The molecule has 1 aromatic heterocycles. The molecule has 2 saturated heterocycles. The molecule has 206 valence electrons. The number of nitrogens with two attached hydrogens (primary N) is 2. The van der Waals surface area contributed by atoms with E-state index in [1.165, 1.54) is 25.3 Å². The van der Waals surface area contributed by atoms with Crippen LogP contribution in [0.5, 0.6) is 0 Å². The number of likely N-dealkylation sites (tertiary alicyclic amines) is 2. The minimum Gasteiger partial charge on any atom is -0.405 e. The van der Waals surface area contributed by atoms with Gasteiger partial charge in [0.15, 0.2) is 0 Å². The molecule has 0 aromatic carbocycles. The van der Waals surface area contributed by atoms with Gasteiger partial charge in [-0.05, 0) is 57.7 Å². The summed E-state index contributed by atoms with van der Waals surface area (Å²) < 4.78 is 21.8. The average Bonchev–Trinajstić information content (AvgIpc) is 3.41. The molecule has 5 N–H and O–H groups in total. The molecular weight excluding hydrogens is 476 g/mol. The van der Waals surface area contributed by atoms with Gasteiger partial charge in [-0.2, -0.15) is 0 Å². The van der Waals surface area contributed by atoms with Crippen molar-refractivity contribution in [1.29, 1.82) is 0 Å². The lowest BCUT2D eigenvalue weighted by molar-refractivity contribution is -0.153. The van der Waals surface area contributed by atoms with Gasteiger partial charge >= 0.3 is 0 Å². The van der Waals surface area contributed by atoms with E-state index in [0.29, 0.717) is 37.5 Å². The van der Waals surface area contributed by atoms with Crippen LogP contribution in [-0.2, 0) is 10.4 Å². The summed E-state index contributed by atoms with van der Waals surface area (Å²) in [6.45, 7) is 11.1. The van der Waals surface area contributed by atoms with Crippen molar-refractivity contribution < 1.29 is 18.7 Å². The number of hydrogen-bond donors (Lipinski definition) is 3. The zero-order chi connectivity index (χ0) is 28.0. The summed E-state index contributed by atoms with van der Waals surface area (Å²) in [5.41, 5.74) is 11.1. The molecule has 7 nitrogen and oxygen atoms in total. The number of pyridine rings is 1. The van der Waals surface area contributed by atoms with E-state index in [9.17, 15) is 18.7 Å². The van der Waals surface area contributed by atoms with Gasteiger partial charge in [0.2, 0.25) is 5.91 Å². The maximum absolute atomic E-state index is 13.1. The molecule has 2 fully saturated rings. The van der Waals surface area contributed by atoms with E-state index < -0.39 is 5.60 Å². The number of hydrogen-bond acceptors (Lipinski definition) is 6. The highest BCUT2D eigenvalue weighted by atomic mass is 19.1. The summed E-state index contributed by atoms with van der Waals surface area (Å²) in [4.78, 5) is 21.4. The van der Waals surface area contributed by atoms with Gasteiger partial charge in [-0.15, -0.1) is 0 Å². The van der Waals surface area contributed by atoms with Crippen LogP contribution in [0.2, 0.25) is 0 Å². The van der Waals surface area contributed by atoms with Crippen molar-refractivity contribution in [3.05, 3.63) is 78.6 Å². The molecule has 0 bridgehead atoms. The van der Waals surface area contributed by atoms with Gasteiger partial charge in [-0.3, -0.25) is 9.78 Å². The number of rotatable bonds is 4. The molecule has 3 atom stereocenters. The number of piperidine rings is 1. The van der Waals surface area contributed by atoms with Crippen molar-refractivity contribution in [2.75, 3.05) is 26.2 Å². The molecular formula is C28H43F2N5O2. The lowest BCUT2D eigenvalue weighted by atomic mass is 9.72. The molecule has 0 saturated carbocycles. The predicted octanol–water partition coefficient (Wildman–Crippen LogP) is 4.35. The summed E-state index contributed by atoms with van der Waals surface area (Å²) in [5, 5.41) is 11.4. The monoisotopic (exact) mass is 519 g/mol. The molecule has 3 unspecified atom stereocenters. The van der Waals surface area contributed by atoms with Crippen LogP contribution in [0.15, 0.2) is 72.9 Å². The molecule has 2 aliphatic rings. The van der Waals surface area contributed by atoms with Gasteiger partial charge in [-0.1, -0.05) is 32.1 Å².